The minimum atomic E-state index is 0.564. The SMILES string of the molecule is CN1CCC(N(C)c2ccccc2CN2CCC3(CCNC3)C2)CC1. The van der Waals surface area contributed by atoms with Crippen LogP contribution in [0.5, 0.6) is 0 Å². The van der Waals surface area contributed by atoms with Crippen molar-refractivity contribution in [3.63, 3.8) is 0 Å². The number of rotatable bonds is 4. The molecule has 4 heteroatoms. The number of hydrogen-bond acceptors (Lipinski definition) is 4. The summed E-state index contributed by atoms with van der Waals surface area (Å²) in [6, 6.07) is 9.78. The molecule has 0 amide bonds. The van der Waals surface area contributed by atoms with Gasteiger partial charge in [0.1, 0.15) is 0 Å². The fourth-order valence-corrected chi connectivity index (χ4v) is 5.12. The first kappa shape index (κ1) is 17.3. The van der Waals surface area contributed by atoms with Gasteiger partial charge in [0, 0.05) is 38.4 Å². The van der Waals surface area contributed by atoms with E-state index in [1.165, 1.54) is 76.2 Å². The van der Waals surface area contributed by atoms with Gasteiger partial charge in [-0.05, 0) is 76.0 Å². The second-order valence-electron chi connectivity index (χ2n) is 8.66. The molecule has 1 aromatic carbocycles. The summed E-state index contributed by atoms with van der Waals surface area (Å²) in [6.45, 7) is 8.51. The van der Waals surface area contributed by atoms with E-state index in [2.05, 4.69) is 58.4 Å². The molecule has 1 unspecified atom stereocenters. The first-order valence-electron chi connectivity index (χ1n) is 10.1. The van der Waals surface area contributed by atoms with Crippen LogP contribution in [0.3, 0.4) is 0 Å². The van der Waals surface area contributed by atoms with Crippen molar-refractivity contribution in [2.24, 2.45) is 5.41 Å². The molecule has 1 atom stereocenters. The van der Waals surface area contributed by atoms with Crippen LogP contribution in [0.2, 0.25) is 0 Å². The lowest BCUT2D eigenvalue weighted by molar-refractivity contribution is 0.251. The summed E-state index contributed by atoms with van der Waals surface area (Å²) in [4.78, 5) is 7.70. The summed E-state index contributed by atoms with van der Waals surface area (Å²) < 4.78 is 0. The second kappa shape index (κ2) is 7.26. The summed E-state index contributed by atoms with van der Waals surface area (Å²) >= 11 is 0. The van der Waals surface area contributed by atoms with Crippen LogP contribution in [0.4, 0.5) is 5.69 Å². The van der Waals surface area contributed by atoms with Crippen LogP contribution in [0.25, 0.3) is 0 Å². The van der Waals surface area contributed by atoms with Gasteiger partial charge in [-0.2, -0.15) is 0 Å². The third-order valence-electron chi connectivity index (χ3n) is 6.85. The molecular formula is C21H34N4. The highest BCUT2D eigenvalue weighted by molar-refractivity contribution is 5.54. The van der Waals surface area contributed by atoms with E-state index in [0.717, 1.165) is 6.54 Å². The van der Waals surface area contributed by atoms with Crippen molar-refractivity contribution in [3.05, 3.63) is 29.8 Å². The molecule has 3 aliphatic rings. The molecule has 3 heterocycles. The molecule has 0 saturated carbocycles. The van der Waals surface area contributed by atoms with Gasteiger partial charge < -0.3 is 15.1 Å². The number of para-hydroxylation sites is 1. The Balaban J connectivity index is 1.44. The summed E-state index contributed by atoms with van der Waals surface area (Å²) in [6.07, 6.45) is 5.28. The Morgan fingerprint density at radius 2 is 1.96 bits per heavy atom. The number of nitrogens with one attached hydrogen (secondary N) is 1. The standard InChI is InChI=1S/C21H34N4/c1-23-12-7-19(8-13-23)24(2)20-6-4-3-5-18(20)15-25-14-10-21(17-25)9-11-22-16-21/h3-6,19,22H,7-17H2,1-2H3. The Kier molecular flexibility index (Phi) is 5.03. The molecule has 25 heavy (non-hydrogen) atoms. The second-order valence-corrected chi connectivity index (χ2v) is 8.66. The van der Waals surface area contributed by atoms with Gasteiger partial charge in [-0.25, -0.2) is 0 Å². The monoisotopic (exact) mass is 342 g/mol. The van der Waals surface area contributed by atoms with E-state index in [4.69, 9.17) is 0 Å². The number of benzene rings is 1. The van der Waals surface area contributed by atoms with Gasteiger partial charge in [0.25, 0.3) is 0 Å². The number of hydrogen-bond donors (Lipinski definition) is 1. The van der Waals surface area contributed by atoms with Gasteiger partial charge in [0.05, 0.1) is 0 Å². The highest BCUT2D eigenvalue weighted by Crippen LogP contribution is 2.37. The van der Waals surface area contributed by atoms with E-state index in [9.17, 15) is 0 Å². The van der Waals surface area contributed by atoms with Crippen LogP contribution in [-0.2, 0) is 6.54 Å². The van der Waals surface area contributed by atoms with E-state index in [0.29, 0.717) is 11.5 Å². The van der Waals surface area contributed by atoms with E-state index in [1.54, 1.807) is 0 Å². The molecule has 4 nitrogen and oxygen atoms in total. The molecule has 1 spiro atoms. The van der Waals surface area contributed by atoms with Crippen LogP contribution in [0.15, 0.2) is 24.3 Å². The third-order valence-corrected chi connectivity index (χ3v) is 6.85. The third kappa shape index (κ3) is 3.71. The van der Waals surface area contributed by atoms with Crippen LogP contribution < -0.4 is 10.2 Å². The zero-order valence-electron chi connectivity index (χ0n) is 16.0. The van der Waals surface area contributed by atoms with Crippen molar-refractivity contribution >= 4 is 5.69 Å². The molecule has 1 N–H and O–H groups in total. The Hall–Kier alpha value is -1.10. The minimum absolute atomic E-state index is 0.564. The van der Waals surface area contributed by atoms with Gasteiger partial charge in [0.15, 0.2) is 0 Å². The topological polar surface area (TPSA) is 21.8 Å². The van der Waals surface area contributed by atoms with Crippen molar-refractivity contribution in [2.45, 2.75) is 38.3 Å². The van der Waals surface area contributed by atoms with Crippen LogP contribution in [-0.4, -0.2) is 69.2 Å². The maximum Gasteiger partial charge on any atom is 0.0411 e. The number of likely N-dealkylation sites (tertiary alicyclic amines) is 2. The Bertz CT molecular complexity index is 573. The largest absolute Gasteiger partial charge is 0.371 e. The Morgan fingerprint density at radius 1 is 1.16 bits per heavy atom. The van der Waals surface area contributed by atoms with Crippen molar-refractivity contribution in [2.75, 3.05) is 58.3 Å². The molecule has 3 aliphatic heterocycles. The first-order valence-corrected chi connectivity index (χ1v) is 10.1. The quantitative estimate of drug-likeness (QED) is 0.907. The molecular weight excluding hydrogens is 308 g/mol. The maximum absolute atomic E-state index is 3.58. The fourth-order valence-electron chi connectivity index (χ4n) is 5.12. The van der Waals surface area contributed by atoms with Gasteiger partial charge >= 0.3 is 0 Å². The summed E-state index contributed by atoms with van der Waals surface area (Å²) in [5.74, 6) is 0. The molecule has 3 fully saturated rings. The lowest BCUT2D eigenvalue weighted by atomic mass is 9.86. The van der Waals surface area contributed by atoms with E-state index < -0.39 is 0 Å². The first-order chi connectivity index (χ1) is 12.2. The average molecular weight is 343 g/mol. The molecule has 0 aromatic heterocycles. The van der Waals surface area contributed by atoms with Gasteiger partial charge in [-0.1, -0.05) is 18.2 Å². The molecule has 4 rings (SSSR count). The molecule has 0 radical (unpaired) electrons. The van der Waals surface area contributed by atoms with Gasteiger partial charge in [0.2, 0.25) is 0 Å². The molecule has 1 aromatic rings. The van der Waals surface area contributed by atoms with Crippen LogP contribution in [0.1, 0.15) is 31.2 Å². The number of nitrogens with zero attached hydrogens (tertiary/aromatic N) is 3. The summed E-state index contributed by atoms with van der Waals surface area (Å²) in [7, 11) is 4.55. The summed E-state index contributed by atoms with van der Waals surface area (Å²) in [5.41, 5.74) is 3.52. The van der Waals surface area contributed by atoms with Crippen LogP contribution in [0, 0.1) is 5.41 Å². The zero-order valence-corrected chi connectivity index (χ0v) is 16.0. The molecule has 0 aliphatic carbocycles. The minimum Gasteiger partial charge on any atom is -0.371 e. The fraction of sp³-hybridized carbons (Fsp3) is 0.714. The zero-order chi connectivity index (χ0) is 17.3. The van der Waals surface area contributed by atoms with Crippen molar-refractivity contribution < 1.29 is 0 Å². The van der Waals surface area contributed by atoms with E-state index >= 15 is 0 Å². The van der Waals surface area contributed by atoms with Crippen LogP contribution >= 0.6 is 0 Å². The highest BCUT2D eigenvalue weighted by atomic mass is 15.2. The Morgan fingerprint density at radius 3 is 2.72 bits per heavy atom. The average Bonchev–Trinajstić information content (AvgIpc) is 3.25. The van der Waals surface area contributed by atoms with Gasteiger partial charge in [-0.15, -0.1) is 0 Å². The van der Waals surface area contributed by atoms with Gasteiger partial charge in [-0.3, -0.25) is 4.90 Å². The molecule has 138 valence electrons. The normalized spacial score (nSPS) is 28.9. The van der Waals surface area contributed by atoms with E-state index in [1.807, 2.05) is 0 Å². The van der Waals surface area contributed by atoms with Crippen molar-refractivity contribution in [3.8, 4) is 0 Å². The predicted molar refractivity (Wildman–Crippen MR) is 105 cm³/mol. The van der Waals surface area contributed by atoms with Crippen molar-refractivity contribution in [1.82, 2.24) is 15.1 Å². The van der Waals surface area contributed by atoms with E-state index in [-0.39, 0.29) is 0 Å². The van der Waals surface area contributed by atoms with Crippen molar-refractivity contribution in [1.29, 1.82) is 0 Å². The predicted octanol–water partition coefficient (Wildman–Crippen LogP) is 2.40. The maximum atomic E-state index is 3.58. The molecule has 0 bridgehead atoms. The summed E-state index contributed by atoms with van der Waals surface area (Å²) in [5, 5.41) is 3.58. The Labute approximate surface area is 153 Å². The lowest BCUT2D eigenvalue weighted by Gasteiger charge is -2.37. The number of anilines is 1. The molecule has 3 saturated heterocycles. The lowest BCUT2D eigenvalue weighted by Crippen LogP contribution is -2.42. The number of piperidine rings is 1. The highest BCUT2D eigenvalue weighted by Gasteiger charge is 2.40. The smallest absolute Gasteiger partial charge is 0.0411 e.